The second-order valence-corrected chi connectivity index (χ2v) is 9.21. The number of hydrogen-bond acceptors (Lipinski definition) is 6. The van der Waals surface area contributed by atoms with Gasteiger partial charge in [-0.1, -0.05) is 20.8 Å². The molecule has 0 atom stereocenters. The molecule has 0 bridgehead atoms. The lowest BCUT2D eigenvalue weighted by molar-refractivity contribution is 0.0909. The highest BCUT2D eigenvalue weighted by Gasteiger charge is 2.28. The fourth-order valence-electron chi connectivity index (χ4n) is 4.60. The molecule has 3 heterocycles. The molecule has 3 aromatic heterocycles. The maximum atomic E-state index is 13.7. The van der Waals surface area contributed by atoms with Gasteiger partial charge in [0.15, 0.2) is 11.5 Å². The number of benzene rings is 1. The van der Waals surface area contributed by atoms with E-state index in [0.717, 1.165) is 23.1 Å². The molecule has 13 heteroatoms. The van der Waals surface area contributed by atoms with Crippen LogP contribution >= 0.6 is 0 Å². The van der Waals surface area contributed by atoms with E-state index in [4.69, 9.17) is 5.73 Å². The average molecular weight is 561 g/mol. The number of alkyl halides is 4. The Bertz CT molecular complexity index is 1460. The molecular formula is C27H32F4N8O. The monoisotopic (exact) mass is 560 g/mol. The van der Waals surface area contributed by atoms with Gasteiger partial charge >= 0.3 is 0 Å². The second-order valence-electron chi connectivity index (χ2n) is 9.21. The summed E-state index contributed by atoms with van der Waals surface area (Å²) in [5, 5.41) is 9.84. The van der Waals surface area contributed by atoms with Crippen LogP contribution < -0.4 is 16.4 Å². The predicted molar refractivity (Wildman–Crippen MR) is 144 cm³/mol. The van der Waals surface area contributed by atoms with Crippen LogP contribution in [0.2, 0.25) is 0 Å². The number of carbonyl (C=O) groups is 1. The number of hydrogen-bond donors (Lipinski definition) is 3. The van der Waals surface area contributed by atoms with Crippen LogP contribution in [0.3, 0.4) is 0 Å². The third kappa shape index (κ3) is 6.09. The molecule has 0 unspecified atom stereocenters. The number of rotatable bonds is 9. The molecule has 1 aliphatic rings. The Balaban J connectivity index is 0.00000181. The first-order chi connectivity index (χ1) is 19.2. The Morgan fingerprint density at radius 3 is 2.58 bits per heavy atom. The molecular weight excluding hydrogens is 528 g/mol. The lowest BCUT2D eigenvalue weighted by Gasteiger charge is -2.33. The van der Waals surface area contributed by atoms with E-state index in [9.17, 15) is 22.4 Å². The highest BCUT2D eigenvalue weighted by molar-refractivity contribution is 5.96. The number of anilines is 2. The summed E-state index contributed by atoms with van der Waals surface area (Å²) in [7, 11) is 0. The topological polar surface area (TPSA) is 115 Å². The first kappa shape index (κ1) is 29.0. The normalized spacial score (nSPS) is 16.6. The lowest BCUT2D eigenvalue weighted by atomic mass is 9.87. The van der Waals surface area contributed by atoms with E-state index in [1.165, 1.54) is 23.0 Å². The molecule has 1 amide bonds. The number of fused-ring (bicyclic) bond motifs is 1. The van der Waals surface area contributed by atoms with E-state index >= 15 is 0 Å². The quantitative estimate of drug-likeness (QED) is 0.238. The second kappa shape index (κ2) is 12.5. The molecule has 5 rings (SSSR count). The largest absolute Gasteiger partial charge is 0.349 e. The molecule has 0 radical (unpaired) electrons. The lowest BCUT2D eigenvalue weighted by Crippen LogP contribution is -2.50. The van der Waals surface area contributed by atoms with E-state index in [-0.39, 0.29) is 29.2 Å². The van der Waals surface area contributed by atoms with Crippen LogP contribution in [0.5, 0.6) is 0 Å². The van der Waals surface area contributed by atoms with E-state index in [1.807, 2.05) is 26.8 Å². The van der Waals surface area contributed by atoms with Crippen molar-refractivity contribution in [3.05, 3.63) is 59.8 Å². The van der Waals surface area contributed by atoms with Gasteiger partial charge in [-0.3, -0.25) is 13.9 Å². The van der Waals surface area contributed by atoms with Crippen LogP contribution in [0.1, 0.15) is 61.7 Å². The molecule has 0 aliphatic heterocycles. The number of halogens is 4. The van der Waals surface area contributed by atoms with Crippen molar-refractivity contribution in [2.75, 3.05) is 5.32 Å². The van der Waals surface area contributed by atoms with Crippen molar-refractivity contribution in [1.29, 1.82) is 0 Å². The Hall–Kier alpha value is -4.00. The summed E-state index contributed by atoms with van der Waals surface area (Å²) in [5.41, 5.74) is 7.87. The summed E-state index contributed by atoms with van der Waals surface area (Å²) < 4.78 is 55.3. The third-order valence-corrected chi connectivity index (χ3v) is 6.53. The molecule has 1 fully saturated rings. The summed E-state index contributed by atoms with van der Waals surface area (Å²) in [6.45, 7) is 5.15. The molecule has 4 N–H and O–H groups in total. The van der Waals surface area contributed by atoms with Gasteiger partial charge in [-0.05, 0) is 43.0 Å². The molecule has 4 aromatic rings. The molecule has 1 aliphatic carbocycles. The Morgan fingerprint density at radius 1 is 1.18 bits per heavy atom. The van der Waals surface area contributed by atoms with Gasteiger partial charge in [0.1, 0.15) is 12.2 Å². The van der Waals surface area contributed by atoms with Gasteiger partial charge in [0.25, 0.3) is 18.8 Å². The summed E-state index contributed by atoms with van der Waals surface area (Å²) in [6, 6.07) is 5.55. The first-order valence-electron chi connectivity index (χ1n) is 13.2. The zero-order valence-electron chi connectivity index (χ0n) is 22.4. The molecule has 1 saturated carbocycles. The summed E-state index contributed by atoms with van der Waals surface area (Å²) >= 11 is 0. The molecule has 214 valence electrons. The van der Waals surface area contributed by atoms with Crippen LogP contribution in [-0.2, 0) is 13.0 Å². The van der Waals surface area contributed by atoms with Crippen molar-refractivity contribution in [1.82, 2.24) is 29.5 Å². The van der Waals surface area contributed by atoms with Gasteiger partial charge in [-0.25, -0.2) is 27.5 Å². The number of carbonyl (C=O) groups excluding carboxylic acids is 1. The van der Waals surface area contributed by atoms with E-state index in [0.29, 0.717) is 29.1 Å². The zero-order valence-corrected chi connectivity index (χ0v) is 22.4. The van der Waals surface area contributed by atoms with Gasteiger partial charge in [0, 0.05) is 47.5 Å². The zero-order chi connectivity index (χ0) is 29.0. The van der Waals surface area contributed by atoms with Crippen LogP contribution in [0.15, 0.2) is 43.0 Å². The number of amides is 1. The smallest absolute Gasteiger partial charge is 0.282 e. The summed E-state index contributed by atoms with van der Waals surface area (Å²) in [4.78, 5) is 21.4. The summed E-state index contributed by atoms with van der Waals surface area (Å²) in [5.74, 6) is 0.200. The minimum Gasteiger partial charge on any atom is -0.349 e. The van der Waals surface area contributed by atoms with Gasteiger partial charge in [0.2, 0.25) is 0 Å². The predicted octanol–water partition coefficient (Wildman–Crippen LogP) is 5.35. The van der Waals surface area contributed by atoms with E-state index < -0.39 is 25.1 Å². The van der Waals surface area contributed by atoms with Crippen LogP contribution in [0.4, 0.5) is 29.1 Å². The molecule has 9 nitrogen and oxygen atoms in total. The number of aryl methyl sites for hydroxylation is 1. The Kier molecular flexibility index (Phi) is 9.03. The molecule has 0 spiro atoms. The molecule has 0 saturated heterocycles. The maximum absolute atomic E-state index is 13.7. The fraction of sp³-hybridized carbons (Fsp3) is 0.407. The van der Waals surface area contributed by atoms with Crippen molar-refractivity contribution in [3.8, 4) is 11.3 Å². The number of aromatic nitrogens is 5. The SMILES string of the molecule is CC.CCc1cc(Nc2nccn3c(-c4cn(CC(F)F)nc4C(F)F)cnc23)ccc1C(=O)NC1CC(N)C1. The van der Waals surface area contributed by atoms with Gasteiger partial charge < -0.3 is 16.4 Å². The number of nitrogens with zero attached hydrogens (tertiary/aromatic N) is 5. The number of nitrogens with two attached hydrogens (primary N) is 1. The maximum Gasteiger partial charge on any atom is 0.282 e. The Labute approximate surface area is 228 Å². The van der Waals surface area contributed by atoms with Gasteiger partial charge in [-0.15, -0.1) is 0 Å². The van der Waals surface area contributed by atoms with Crippen LogP contribution in [-0.4, -0.2) is 48.6 Å². The van der Waals surface area contributed by atoms with Gasteiger partial charge in [-0.2, -0.15) is 5.10 Å². The Morgan fingerprint density at radius 2 is 1.93 bits per heavy atom. The van der Waals surface area contributed by atoms with Crippen molar-refractivity contribution in [3.63, 3.8) is 0 Å². The van der Waals surface area contributed by atoms with E-state index in [2.05, 4.69) is 25.7 Å². The minimum atomic E-state index is -2.96. The highest BCUT2D eigenvalue weighted by Crippen LogP contribution is 2.32. The van der Waals surface area contributed by atoms with Crippen molar-refractivity contribution in [2.24, 2.45) is 5.73 Å². The van der Waals surface area contributed by atoms with Crippen LogP contribution in [0, 0.1) is 0 Å². The minimum absolute atomic E-state index is 0.00125. The first-order valence-corrected chi connectivity index (χ1v) is 13.2. The standard InChI is InChI=1S/C25H26F4N8O.C2H6/c1-2-13-7-15(3-4-17(13)25(38)34-16-8-14(30)9-16)33-23-24-32-10-19(37(24)6-5-31-23)18-11-36(12-20(26)27)35-21(18)22(28)29;1-2/h3-7,10-11,14,16,20,22H,2,8-9,12,30H2,1H3,(H,31,33)(H,34,38);1-2H3. The van der Waals surface area contributed by atoms with Gasteiger partial charge in [0.05, 0.1) is 11.9 Å². The number of imidazole rings is 1. The molecule has 40 heavy (non-hydrogen) atoms. The van der Waals surface area contributed by atoms with Crippen molar-refractivity contribution in [2.45, 2.75) is 71.5 Å². The summed E-state index contributed by atoms with van der Waals surface area (Å²) in [6.07, 6.45) is 2.00. The van der Waals surface area contributed by atoms with Crippen molar-refractivity contribution < 1.29 is 22.4 Å². The number of nitrogens with one attached hydrogen (secondary N) is 2. The van der Waals surface area contributed by atoms with Crippen molar-refractivity contribution >= 4 is 23.1 Å². The molecule has 1 aromatic carbocycles. The third-order valence-electron chi connectivity index (χ3n) is 6.53. The fourth-order valence-corrected chi connectivity index (χ4v) is 4.60. The average Bonchev–Trinajstić information content (AvgIpc) is 3.53. The van der Waals surface area contributed by atoms with E-state index in [1.54, 1.807) is 18.3 Å². The highest BCUT2D eigenvalue weighted by atomic mass is 19.3. The van der Waals surface area contributed by atoms with Crippen LogP contribution in [0.25, 0.3) is 16.9 Å².